The molecule has 1 saturated heterocycles. The van der Waals surface area contributed by atoms with Crippen LogP contribution in [0.15, 0.2) is 52.5 Å². The molecule has 2 aromatic carbocycles. The van der Waals surface area contributed by atoms with Crippen molar-refractivity contribution >= 4 is 23.1 Å². The maximum atomic E-state index is 13.4. The molecule has 2 aliphatic rings. The predicted octanol–water partition coefficient (Wildman–Crippen LogP) is 4.57. The third kappa shape index (κ3) is 3.30. The van der Waals surface area contributed by atoms with Crippen molar-refractivity contribution in [2.24, 2.45) is 0 Å². The van der Waals surface area contributed by atoms with E-state index in [0.29, 0.717) is 40.0 Å². The molecule has 34 heavy (non-hydrogen) atoms. The molecule has 1 amide bonds. The van der Waals surface area contributed by atoms with Gasteiger partial charge in [-0.25, -0.2) is 0 Å². The Morgan fingerprint density at radius 3 is 2.50 bits per heavy atom. The number of rotatable bonds is 4. The highest BCUT2D eigenvalue weighted by molar-refractivity contribution is 6.51. The lowest BCUT2D eigenvalue weighted by molar-refractivity contribution is -0.132. The number of ether oxygens (including phenoxy) is 3. The van der Waals surface area contributed by atoms with Gasteiger partial charge in [-0.1, -0.05) is 6.07 Å². The number of ketones is 1. The summed E-state index contributed by atoms with van der Waals surface area (Å²) in [5.41, 5.74) is 2.32. The van der Waals surface area contributed by atoms with Crippen LogP contribution in [0, 0.1) is 20.8 Å². The number of aliphatic hydroxyl groups excluding tert-OH is 1. The summed E-state index contributed by atoms with van der Waals surface area (Å²) in [6.45, 7) is 5.57. The summed E-state index contributed by atoms with van der Waals surface area (Å²) in [5, 5.41) is 11.4. The van der Waals surface area contributed by atoms with Gasteiger partial charge < -0.3 is 23.7 Å². The van der Waals surface area contributed by atoms with Gasteiger partial charge in [0.2, 0.25) is 6.79 Å². The van der Waals surface area contributed by atoms with Gasteiger partial charge in [0.25, 0.3) is 11.7 Å². The van der Waals surface area contributed by atoms with Crippen LogP contribution < -0.4 is 19.1 Å². The molecule has 0 radical (unpaired) electrons. The number of benzene rings is 2. The molecule has 0 aliphatic carbocycles. The summed E-state index contributed by atoms with van der Waals surface area (Å²) in [6.07, 6.45) is 0. The van der Waals surface area contributed by atoms with Gasteiger partial charge in [0.05, 0.1) is 18.2 Å². The number of carbonyl (C=O) groups excluding carboxylic acids is 2. The van der Waals surface area contributed by atoms with Gasteiger partial charge in [0.15, 0.2) is 11.5 Å². The molecule has 0 saturated carbocycles. The van der Waals surface area contributed by atoms with Crippen molar-refractivity contribution < 1.29 is 33.3 Å². The van der Waals surface area contributed by atoms with E-state index in [9.17, 15) is 14.7 Å². The summed E-state index contributed by atoms with van der Waals surface area (Å²) in [7, 11) is 1.49. The number of hydrogen-bond donors (Lipinski definition) is 1. The Kier molecular flexibility index (Phi) is 5.08. The molecule has 1 fully saturated rings. The normalized spacial score (nSPS) is 18.6. The first-order valence-electron chi connectivity index (χ1n) is 10.7. The third-order valence-electron chi connectivity index (χ3n) is 5.99. The van der Waals surface area contributed by atoms with Gasteiger partial charge in [-0.15, -0.1) is 0 Å². The van der Waals surface area contributed by atoms with Gasteiger partial charge in [-0.2, -0.15) is 0 Å². The minimum Gasteiger partial charge on any atom is -0.507 e. The molecule has 1 N–H and O–H groups in total. The summed E-state index contributed by atoms with van der Waals surface area (Å²) in [6, 6.07) is 11.1. The van der Waals surface area contributed by atoms with Crippen LogP contribution in [0.5, 0.6) is 17.2 Å². The summed E-state index contributed by atoms with van der Waals surface area (Å²) in [5.74, 6) is 0.444. The van der Waals surface area contributed by atoms with E-state index < -0.39 is 17.7 Å². The minimum atomic E-state index is -0.986. The molecule has 1 unspecified atom stereocenters. The number of methoxy groups -OCH3 is 1. The smallest absolute Gasteiger partial charge is 0.300 e. The topological polar surface area (TPSA) is 98.4 Å². The van der Waals surface area contributed by atoms with E-state index in [2.05, 4.69) is 0 Å². The minimum absolute atomic E-state index is 0.0743. The lowest BCUT2D eigenvalue weighted by Crippen LogP contribution is -2.29. The highest BCUT2D eigenvalue weighted by Gasteiger charge is 2.49. The van der Waals surface area contributed by atoms with Crippen LogP contribution in [0.25, 0.3) is 5.76 Å². The number of furan rings is 1. The van der Waals surface area contributed by atoms with Crippen LogP contribution in [0.3, 0.4) is 0 Å². The van der Waals surface area contributed by atoms with Crippen LogP contribution in [-0.2, 0) is 9.59 Å². The lowest BCUT2D eigenvalue weighted by atomic mass is 9.96. The number of fused-ring (bicyclic) bond motifs is 1. The fourth-order valence-electron chi connectivity index (χ4n) is 4.55. The Hall–Kier alpha value is -4.20. The molecule has 0 spiro atoms. The molecule has 5 rings (SSSR count). The van der Waals surface area contributed by atoms with Crippen LogP contribution >= 0.6 is 0 Å². The maximum absolute atomic E-state index is 13.4. The highest BCUT2D eigenvalue weighted by atomic mass is 16.7. The average Bonchev–Trinajstić information content (AvgIpc) is 3.51. The molecule has 2 aliphatic heterocycles. The summed E-state index contributed by atoms with van der Waals surface area (Å²) < 4.78 is 22.2. The zero-order chi connectivity index (χ0) is 24.1. The molecular formula is C26H23NO7. The van der Waals surface area contributed by atoms with Gasteiger partial charge >= 0.3 is 0 Å². The number of aliphatic hydroxyl groups is 1. The van der Waals surface area contributed by atoms with E-state index in [1.54, 1.807) is 43.3 Å². The van der Waals surface area contributed by atoms with Crippen molar-refractivity contribution in [3.63, 3.8) is 0 Å². The molecule has 8 heteroatoms. The molecule has 174 valence electrons. The number of anilines is 1. The van der Waals surface area contributed by atoms with Crippen LogP contribution in [0.4, 0.5) is 5.69 Å². The van der Waals surface area contributed by atoms with Gasteiger partial charge in [-0.3, -0.25) is 14.5 Å². The number of hydrogen-bond acceptors (Lipinski definition) is 7. The lowest BCUT2D eigenvalue weighted by Gasteiger charge is -2.24. The van der Waals surface area contributed by atoms with Crippen LogP contribution in [-0.4, -0.2) is 30.7 Å². The number of Topliss-reactive ketones (excluding diaryl/α,β-unsaturated/α-hetero) is 1. The zero-order valence-electron chi connectivity index (χ0n) is 19.2. The fraction of sp³-hybridized carbons (Fsp3) is 0.231. The Morgan fingerprint density at radius 2 is 1.79 bits per heavy atom. The van der Waals surface area contributed by atoms with Crippen molar-refractivity contribution in [1.82, 2.24) is 0 Å². The first kappa shape index (κ1) is 21.6. The number of amides is 1. The Morgan fingerprint density at radius 1 is 1.03 bits per heavy atom. The van der Waals surface area contributed by atoms with E-state index in [1.165, 1.54) is 12.0 Å². The standard InChI is InChI=1S/C26H23NO7/c1-13-9-14(2)25(31-4)17(10-13)23(28)21-22(19-7-5-15(3)34-19)27(26(30)24(21)29)16-6-8-18-20(11-16)33-12-32-18/h5-11,22,28H,12H2,1-4H3/b23-21-. The first-order valence-corrected chi connectivity index (χ1v) is 10.7. The average molecular weight is 461 g/mol. The summed E-state index contributed by atoms with van der Waals surface area (Å²) in [4.78, 5) is 28.0. The van der Waals surface area contributed by atoms with E-state index in [4.69, 9.17) is 18.6 Å². The van der Waals surface area contributed by atoms with Crippen LogP contribution in [0.2, 0.25) is 0 Å². The molecule has 0 bridgehead atoms. The Balaban J connectivity index is 1.74. The molecule has 1 aromatic heterocycles. The van der Waals surface area contributed by atoms with E-state index in [-0.39, 0.29) is 18.1 Å². The largest absolute Gasteiger partial charge is 0.507 e. The van der Waals surface area contributed by atoms with Gasteiger partial charge in [0.1, 0.15) is 29.1 Å². The van der Waals surface area contributed by atoms with Gasteiger partial charge in [-0.05, 0) is 62.2 Å². The Bertz CT molecular complexity index is 1370. The highest BCUT2D eigenvalue weighted by Crippen LogP contribution is 2.46. The monoisotopic (exact) mass is 461 g/mol. The van der Waals surface area contributed by atoms with Gasteiger partial charge in [0, 0.05) is 11.8 Å². The molecular weight excluding hydrogens is 438 g/mol. The predicted molar refractivity (Wildman–Crippen MR) is 123 cm³/mol. The van der Waals surface area contributed by atoms with Crippen molar-refractivity contribution in [3.05, 3.63) is 76.2 Å². The number of nitrogens with zero attached hydrogens (tertiary/aromatic N) is 1. The van der Waals surface area contributed by atoms with E-state index in [1.807, 2.05) is 19.9 Å². The summed E-state index contributed by atoms with van der Waals surface area (Å²) >= 11 is 0. The number of aryl methyl sites for hydroxylation is 3. The third-order valence-corrected chi connectivity index (χ3v) is 5.99. The van der Waals surface area contributed by atoms with Crippen LogP contribution in [0.1, 0.15) is 34.3 Å². The molecule has 8 nitrogen and oxygen atoms in total. The zero-order valence-corrected chi connectivity index (χ0v) is 19.2. The SMILES string of the molecule is COc1c(C)cc(C)cc1/C(O)=C1/C(=O)C(=O)N(c2ccc3c(c2)OCO3)C1c1ccc(C)o1. The first-order chi connectivity index (χ1) is 16.3. The second kappa shape index (κ2) is 7.98. The molecule has 3 heterocycles. The maximum Gasteiger partial charge on any atom is 0.300 e. The quantitative estimate of drug-likeness (QED) is 0.345. The fourth-order valence-corrected chi connectivity index (χ4v) is 4.55. The van der Waals surface area contributed by atoms with E-state index >= 15 is 0 Å². The van der Waals surface area contributed by atoms with Crippen molar-refractivity contribution in [2.45, 2.75) is 26.8 Å². The molecule has 3 aromatic rings. The molecule has 1 atom stereocenters. The Labute approximate surface area is 196 Å². The van der Waals surface area contributed by atoms with Crippen molar-refractivity contribution in [2.75, 3.05) is 18.8 Å². The second-order valence-electron chi connectivity index (χ2n) is 8.32. The second-order valence-corrected chi connectivity index (χ2v) is 8.32. The van der Waals surface area contributed by atoms with Crippen molar-refractivity contribution in [3.8, 4) is 17.2 Å². The number of carbonyl (C=O) groups is 2. The van der Waals surface area contributed by atoms with E-state index in [0.717, 1.165) is 11.1 Å². The van der Waals surface area contributed by atoms with Crippen molar-refractivity contribution in [1.29, 1.82) is 0 Å².